The molecule has 2 rings (SSSR count). The number of aromatic nitrogens is 3. The Bertz CT molecular complexity index is 649. The molecule has 1 aromatic carbocycles. The van der Waals surface area contributed by atoms with Gasteiger partial charge in [-0.25, -0.2) is 14.2 Å². The number of hydrogen-bond acceptors (Lipinski definition) is 3. The van der Waals surface area contributed by atoms with Crippen molar-refractivity contribution in [2.24, 2.45) is 0 Å². The number of aromatic carboxylic acids is 1. The molecule has 0 atom stereocenters. The van der Waals surface area contributed by atoms with E-state index < -0.39 is 5.97 Å². The Balaban J connectivity index is 2.37. The number of carboxylic acid groups (broad SMARTS) is 1. The molecule has 0 saturated heterocycles. The average Bonchev–Trinajstić information content (AvgIpc) is 2.80. The number of aromatic amines is 1. The number of rotatable bonds is 4. The lowest BCUT2D eigenvalue weighted by molar-refractivity contribution is 0.0684. The molecule has 2 N–H and O–H groups in total. The van der Waals surface area contributed by atoms with E-state index in [0.717, 1.165) is 5.57 Å². The summed E-state index contributed by atoms with van der Waals surface area (Å²) < 4.78 is 13.8. The molecule has 6 heteroatoms. The fourth-order valence-electron chi connectivity index (χ4n) is 1.78. The number of nitrogens with one attached hydrogen (secondary N) is 1. The summed E-state index contributed by atoms with van der Waals surface area (Å²) in [5.74, 6) is -1.64. The maximum Gasteiger partial charge on any atom is 0.375 e. The predicted molar refractivity (Wildman–Crippen MR) is 67.3 cm³/mol. The highest BCUT2D eigenvalue weighted by molar-refractivity contribution is 5.82. The highest BCUT2D eigenvalue weighted by Crippen LogP contribution is 2.22. The average molecular weight is 261 g/mol. The van der Waals surface area contributed by atoms with Gasteiger partial charge in [-0.3, -0.25) is 5.10 Å². The minimum absolute atomic E-state index is 0.134. The van der Waals surface area contributed by atoms with E-state index in [-0.39, 0.29) is 18.1 Å². The topological polar surface area (TPSA) is 78.9 Å². The van der Waals surface area contributed by atoms with Crippen molar-refractivity contribution in [1.82, 2.24) is 15.2 Å². The van der Waals surface area contributed by atoms with Crippen LogP contribution in [-0.2, 0) is 6.42 Å². The lowest BCUT2D eigenvalue weighted by Gasteiger charge is -2.08. The summed E-state index contributed by atoms with van der Waals surface area (Å²) >= 11 is 0. The van der Waals surface area contributed by atoms with Gasteiger partial charge in [0.25, 0.3) is 5.82 Å². The first-order valence-corrected chi connectivity index (χ1v) is 5.57. The quantitative estimate of drug-likeness (QED) is 0.884. The zero-order chi connectivity index (χ0) is 14.0. The molecule has 0 radical (unpaired) electrons. The number of benzene rings is 1. The zero-order valence-corrected chi connectivity index (χ0v) is 10.3. The van der Waals surface area contributed by atoms with Crippen molar-refractivity contribution >= 4 is 11.5 Å². The van der Waals surface area contributed by atoms with Crippen molar-refractivity contribution in [3.8, 4) is 0 Å². The summed E-state index contributed by atoms with van der Waals surface area (Å²) in [6.07, 6.45) is 0.134. The van der Waals surface area contributed by atoms with E-state index >= 15 is 0 Å². The molecular weight excluding hydrogens is 249 g/mol. The lowest BCUT2D eigenvalue weighted by atomic mass is 9.99. The molecular formula is C13H12FN3O2. The first-order valence-electron chi connectivity index (χ1n) is 5.57. The molecule has 0 aliphatic rings. The molecule has 98 valence electrons. The highest BCUT2D eigenvalue weighted by atomic mass is 19.1. The van der Waals surface area contributed by atoms with Crippen LogP contribution >= 0.6 is 0 Å². The molecule has 0 aliphatic carbocycles. The second-order valence-corrected chi connectivity index (χ2v) is 4.13. The summed E-state index contributed by atoms with van der Waals surface area (Å²) in [6, 6.07) is 4.71. The van der Waals surface area contributed by atoms with Crippen LogP contribution in [0.25, 0.3) is 5.57 Å². The second-order valence-electron chi connectivity index (χ2n) is 4.13. The summed E-state index contributed by atoms with van der Waals surface area (Å²) in [5.41, 5.74) is 1.84. The minimum atomic E-state index is -1.23. The van der Waals surface area contributed by atoms with E-state index in [1.54, 1.807) is 19.1 Å². The molecule has 5 nitrogen and oxygen atoms in total. The molecule has 0 aliphatic heterocycles. The number of hydrogen-bond donors (Lipinski definition) is 2. The molecule has 1 heterocycles. The molecule has 0 unspecified atom stereocenters. The largest absolute Gasteiger partial charge is 0.475 e. The standard InChI is InChI=1S/C13H12FN3O2/c1-7(2)8-4-3-5-10(14)9(8)6-11-15-12(13(18)19)17-16-11/h3-5H,1,6H2,2H3,(H,18,19)(H,15,16,17). The molecule has 19 heavy (non-hydrogen) atoms. The third-order valence-electron chi connectivity index (χ3n) is 2.65. The fraction of sp³-hybridized carbons (Fsp3) is 0.154. The Labute approximate surface area is 108 Å². The monoisotopic (exact) mass is 261 g/mol. The summed E-state index contributed by atoms with van der Waals surface area (Å²) in [4.78, 5) is 14.5. The summed E-state index contributed by atoms with van der Waals surface area (Å²) in [7, 11) is 0. The van der Waals surface area contributed by atoms with Crippen molar-refractivity contribution in [2.75, 3.05) is 0 Å². The number of nitrogens with zero attached hydrogens (tertiary/aromatic N) is 2. The maximum atomic E-state index is 13.8. The van der Waals surface area contributed by atoms with Crippen molar-refractivity contribution in [3.05, 3.63) is 53.4 Å². The molecule has 0 saturated carbocycles. The molecule has 1 aromatic heterocycles. The number of H-pyrrole nitrogens is 1. The van der Waals surface area contributed by atoms with Gasteiger partial charge in [0.1, 0.15) is 11.6 Å². The van der Waals surface area contributed by atoms with E-state index in [4.69, 9.17) is 5.11 Å². The van der Waals surface area contributed by atoms with Crippen molar-refractivity contribution in [1.29, 1.82) is 0 Å². The fourth-order valence-corrected chi connectivity index (χ4v) is 1.78. The van der Waals surface area contributed by atoms with Gasteiger partial charge in [-0.1, -0.05) is 24.3 Å². The zero-order valence-electron chi connectivity index (χ0n) is 10.3. The van der Waals surface area contributed by atoms with Crippen LogP contribution in [0.15, 0.2) is 24.8 Å². The van der Waals surface area contributed by atoms with Crippen LogP contribution in [0.1, 0.15) is 34.5 Å². The van der Waals surface area contributed by atoms with E-state index in [9.17, 15) is 9.18 Å². The predicted octanol–water partition coefficient (Wildman–Crippen LogP) is 2.27. The van der Waals surface area contributed by atoms with Gasteiger partial charge in [0, 0.05) is 12.0 Å². The van der Waals surface area contributed by atoms with E-state index in [0.29, 0.717) is 17.0 Å². The van der Waals surface area contributed by atoms with Crippen molar-refractivity contribution < 1.29 is 14.3 Å². The highest BCUT2D eigenvalue weighted by Gasteiger charge is 2.14. The van der Waals surface area contributed by atoms with Gasteiger partial charge >= 0.3 is 5.97 Å². The van der Waals surface area contributed by atoms with Gasteiger partial charge in [-0.15, -0.1) is 5.10 Å². The van der Waals surface area contributed by atoms with Crippen molar-refractivity contribution in [3.63, 3.8) is 0 Å². The van der Waals surface area contributed by atoms with Gasteiger partial charge in [0.15, 0.2) is 0 Å². The van der Waals surface area contributed by atoms with Gasteiger partial charge < -0.3 is 5.11 Å². The van der Waals surface area contributed by atoms with Gasteiger partial charge in [-0.2, -0.15) is 0 Å². The van der Waals surface area contributed by atoms with E-state index in [1.807, 2.05) is 0 Å². The Morgan fingerprint density at radius 3 is 2.84 bits per heavy atom. The third-order valence-corrected chi connectivity index (χ3v) is 2.65. The van der Waals surface area contributed by atoms with E-state index in [1.165, 1.54) is 6.07 Å². The molecule has 0 fully saturated rings. The molecule has 0 spiro atoms. The van der Waals surface area contributed by atoms with Crippen LogP contribution in [0.2, 0.25) is 0 Å². The Morgan fingerprint density at radius 2 is 2.26 bits per heavy atom. The van der Waals surface area contributed by atoms with Crippen LogP contribution in [0.5, 0.6) is 0 Å². The van der Waals surface area contributed by atoms with Crippen LogP contribution in [0.4, 0.5) is 4.39 Å². The van der Waals surface area contributed by atoms with Gasteiger partial charge in [0.2, 0.25) is 0 Å². The number of halogens is 1. The summed E-state index contributed by atoms with van der Waals surface area (Å²) in [6.45, 7) is 5.57. The first-order chi connectivity index (χ1) is 8.99. The lowest BCUT2D eigenvalue weighted by Crippen LogP contribution is -2.01. The Kier molecular flexibility index (Phi) is 3.41. The maximum absolute atomic E-state index is 13.8. The molecule has 2 aromatic rings. The second kappa shape index (κ2) is 5.01. The third kappa shape index (κ3) is 2.67. The van der Waals surface area contributed by atoms with E-state index in [2.05, 4.69) is 21.8 Å². The number of carbonyl (C=O) groups is 1. The van der Waals surface area contributed by atoms with Crippen molar-refractivity contribution in [2.45, 2.75) is 13.3 Å². The minimum Gasteiger partial charge on any atom is -0.475 e. The number of carboxylic acids is 1. The van der Waals surface area contributed by atoms with Gasteiger partial charge in [0.05, 0.1) is 0 Å². The Hall–Kier alpha value is -2.50. The van der Waals surface area contributed by atoms with Crippen LogP contribution < -0.4 is 0 Å². The Morgan fingerprint density at radius 1 is 1.53 bits per heavy atom. The van der Waals surface area contributed by atoms with Crippen LogP contribution in [-0.4, -0.2) is 26.3 Å². The molecule has 0 amide bonds. The molecule has 0 bridgehead atoms. The van der Waals surface area contributed by atoms with Gasteiger partial charge in [-0.05, 0) is 18.6 Å². The van der Waals surface area contributed by atoms with Crippen LogP contribution in [0, 0.1) is 5.82 Å². The first kappa shape index (κ1) is 12.9. The van der Waals surface area contributed by atoms with Crippen LogP contribution in [0.3, 0.4) is 0 Å². The SMILES string of the molecule is C=C(C)c1cccc(F)c1Cc1nc(C(=O)O)n[nH]1. The number of allylic oxidation sites excluding steroid dienone is 1. The summed E-state index contributed by atoms with van der Waals surface area (Å²) in [5, 5.41) is 14.8. The normalized spacial score (nSPS) is 10.4. The smallest absolute Gasteiger partial charge is 0.375 e.